The summed E-state index contributed by atoms with van der Waals surface area (Å²) in [6.45, 7) is 4.91. The van der Waals surface area contributed by atoms with Gasteiger partial charge in [0, 0.05) is 30.5 Å². The SMILES string of the molecule is CC1(C)CC(N)CCN1C(=O)c1cc[nH]c1. The lowest BCUT2D eigenvalue weighted by Gasteiger charge is -2.44. The number of likely N-dealkylation sites (tertiary alicyclic amines) is 1. The van der Waals surface area contributed by atoms with E-state index in [1.807, 2.05) is 11.0 Å². The second-order valence-electron chi connectivity index (χ2n) is 5.12. The number of piperidine rings is 1. The predicted molar refractivity (Wildman–Crippen MR) is 63.1 cm³/mol. The van der Waals surface area contributed by atoms with Crippen LogP contribution < -0.4 is 5.73 Å². The van der Waals surface area contributed by atoms with Crippen molar-refractivity contribution < 1.29 is 4.79 Å². The molecule has 1 aromatic heterocycles. The van der Waals surface area contributed by atoms with Crippen molar-refractivity contribution in [2.45, 2.75) is 38.3 Å². The lowest BCUT2D eigenvalue weighted by Crippen LogP contribution is -2.55. The third kappa shape index (κ3) is 1.97. The summed E-state index contributed by atoms with van der Waals surface area (Å²) >= 11 is 0. The highest BCUT2D eigenvalue weighted by Gasteiger charge is 2.36. The van der Waals surface area contributed by atoms with E-state index in [1.54, 1.807) is 12.4 Å². The van der Waals surface area contributed by atoms with E-state index in [-0.39, 0.29) is 17.5 Å². The van der Waals surface area contributed by atoms with Crippen LogP contribution in [-0.2, 0) is 0 Å². The van der Waals surface area contributed by atoms with Gasteiger partial charge in [0.15, 0.2) is 0 Å². The molecule has 0 bridgehead atoms. The van der Waals surface area contributed by atoms with Gasteiger partial charge in [-0.2, -0.15) is 0 Å². The van der Waals surface area contributed by atoms with Crippen LogP contribution in [0.2, 0.25) is 0 Å². The van der Waals surface area contributed by atoms with Crippen LogP contribution in [0.15, 0.2) is 18.5 Å². The van der Waals surface area contributed by atoms with Crippen molar-refractivity contribution in [3.05, 3.63) is 24.0 Å². The minimum absolute atomic E-state index is 0.0955. The standard InChI is InChI=1S/C12H19N3O/c1-12(2)7-10(13)4-6-15(12)11(16)9-3-5-14-8-9/h3,5,8,10,14H,4,6-7,13H2,1-2H3. The molecule has 1 amide bonds. The van der Waals surface area contributed by atoms with Gasteiger partial charge in [0.1, 0.15) is 0 Å². The summed E-state index contributed by atoms with van der Waals surface area (Å²) < 4.78 is 0. The van der Waals surface area contributed by atoms with Crippen LogP contribution in [0.25, 0.3) is 0 Å². The van der Waals surface area contributed by atoms with Crippen LogP contribution in [0.1, 0.15) is 37.0 Å². The lowest BCUT2D eigenvalue weighted by molar-refractivity contribution is 0.0400. The molecule has 1 atom stereocenters. The second kappa shape index (κ2) is 3.94. The van der Waals surface area contributed by atoms with Crippen LogP contribution in [0.5, 0.6) is 0 Å². The second-order valence-corrected chi connectivity index (χ2v) is 5.12. The number of carbonyl (C=O) groups excluding carboxylic acids is 1. The molecule has 1 aliphatic rings. The first kappa shape index (κ1) is 11.2. The summed E-state index contributed by atoms with van der Waals surface area (Å²) in [7, 11) is 0. The Bertz CT molecular complexity index is 370. The van der Waals surface area contributed by atoms with Crippen molar-refractivity contribution in [1.82, 2.24) is 9.88 Å². The molecule has 0 radical (unpaired) electrons. The lowest BCUT2D eigenvalue weighted by atomic mass is 9.87. The van der Waals surface area contributed by atoms with Gasteiger partial charge in [-0.3, -0.25) is 4.79 Å². The summed E-state index contributed by atoms with van der Waals surface area (Å²) in [6.07, 6.45) is 5.27. The normalized spacial score (nSPS) is 24.4. The van der Waals surface area contributed by atoms with E-state index >= 15 is 0 Å². The van der Waals surface area contributed by atoms with Gasteiger partial charge in [-0.25, -0.2) is 0 Å². The fraction of sp³-hybridized carbons (Fsp3) is 0.583. The molecule has 1 fully saturated rings. The summed E-state index contributed by atoms with van der Waals surface area (Å²) in [5, 5.41) is 0. The van der Waals surface area contributed by atoms with Gasteiger partial charge < -0.3 is 15.6 Å². The maximum Gasteiger partial charge on any atom is 0.255 e. The number of nitrogens with one attached hydrogen (secondary N) is 1. The Morgan fingerprint density at radius 3 is 2.94 bits per heavy atom. The van der Waals surface area contributed by atoms with E-state index in [2.05, 4.69) is 18.8 Å². The van der Waals surface area contributed by atoms with Crippen LogP contribution in [0, 0.1) is 0 Å². The molecule has 0 aliphatic carbocycles. The van der Waals surface area contributed by atoms with Gasteiger partial charge in [-0.15, -0.1) is 0 Å². The molecular weight excluding hydrogens is 202 g/mol. The van der Waals surface area contributed by atoms with Gasteiger partial charge >= 0.3 is 0 Å². The average molecular weight is 221 g/mol. The monoisotopic (exact) mass is 221 g/mol. The van der Waals surface area contributed by atoms with Crippen molar-refractivity contribution in [1.29, 1.82) is 0 Å². The number of aromatic amines is 1. The largest absolute Gasteiger partial charge is 0.367 e. The molecular formula is C12H19N3O. The molecule has 2 rings (SSSR count). The van der Waals surface area contributed by atoms with Crippen molar-refractivity contribution in [3.63, 3.8) is 0 Å². The summed E-state index contributed by atoms with van der Waals surface area (Å²) in [4.78, 5) is 17.1. The summed E-state index contributed by atoms with van der Waals surface area (Å²) in [5.74, 6) is 0.0955. The van der Waals surface area contributed by atoms with Crippen molar-refractivity contribution in [3.8, 4) is 0 Å². The van der Waals surface area contributed by atoms with Crippen LogP contribution in [0.3, 0.4) is 0 Å². The third-order valence-corrected chi connectivity index (χ3v) is 3.31. The molecule has 0 saturated carbocycles. The first-order valence-electron chi connectivity index (χ1n) is 5.71. The maximum atomic E-state index is 12.2. The Hall–Kier alpha value is -1.29. The summed E-state index contributed by atoms with van der Waals surface area (Å²) in [6, 6.07) is 2.03. The average Bonchev–Trinajstić information content (AvgIpc) is 2.67. The highest BCUT2D eigenvalue weighted by atomic mass is 16.2. The zero-order chi connectivity index (χ0) is 11.8. The topological polar surface area (TPSA) is 62.1 Å². The smallest absolute Gasteiger partial charge is 0.255 e. The minimum Gasteiger partial charge on any atom is -0.367 e. The summed E-state index contributed by atoms with van der Waals surface area (Å²) in [5.41, 5.74) is 6.53. The number of hydrogen-bond donors (Lipinski definition) is 2. The number of aromatic nitrogens is 1. The van der Waals surface area contributed by atoms with Gasteiger partial charge in [0.2, 0.25) is 0 Å². The van der Waals surface area contributed by atoms with Crippen molar-refractivity contribution in [2.75, 3.05) is 6.54 Å². The Labute approximate surface area is 95.8 Å². The number of hydrogen-bond acceptors (Lipinski definition) is 2. The van der Waals surface area contributed by atoms with Gasteiger partial charge in [0.05, 0.1) is 5.56 Å². The molecule has 2 heterocycles. The maximum absolute atomic E-state index is 12.2. The molecule has 4 nitrogen and oxygen atoms in total. The van der Waals surface area contributed by atoms with Crippen molar-refractivity contribution >= 4 is 5.91 Å². The minimum atomic E-state index is -0.147. The fourth-order valence-electron chi connectivity index (χ4n) is 2.44. The molecule has 0 aromatic carbocycles. The number of rotatable bonds is 1. The zero-order valence-electron chi connectivity index (χ0n) is 9.86. The Kier molecular flexibility index (Phi) is 2.76. The Morgan fingerprint density at radius 2 is 2.38 bits per heavy atom. The van der Waals surface area contributed by atoms with Crippen LogP contribution in [0.4, 0.5) is 0 Å². The molecule has 1 saturated heterocycles. The molecule has 1 aliphatic heterocycles. The molecule has 88 valence electrons. The number of nitrogens with zero attached hydrogens (tertiary/aromatic N) is 1. The third-order valence-electron chi connectivity index (χ3n) is 3.31. The highest BCUT2D eigenvalue weighted by Crippen LogP contribution is 2.28. The molecule has 3 N–H and O–H groups in total. The Morgan fingerprint density at radius 1 is 1.62 bits per heavy atom. The molecule has 1 aromatic rings. The van der Waals surface area contributed by atoms with E-state index < -0.39 is 0 Å². The van der Waals surface area contributed by atoms with E-state index in [9.17, 15) is 4.79 Å². The van der Waals surface area contributed by atoms with Crippen molar-refractivity contribution in [2.24, 2.45) is 5.73 Å². The fourth-order valence-corrected chi connectivity index (χ4v) is 2.44. The van der Waals surface area contributed by atoms with E-state index in [1.165, 1.54) is 0 Å². The molecule has 0 spiro atoms. The van der Waals surface area contributed by atoms with Crippen LogP contribution in [-0.4, -0.2) is 33.9 Å². The number of amides is 1. The molecule has 4 heteroatoms. The zero-order valence-corrected chi connectivity index (χ0v) is 9.86. The molecule has 16 heavy (non-hydrogen) atoms. The van der Waals surface area contributed by atoms with Gasteiger partial charge in [-0.1, -0.05) is 0 Å². The first-order valence-corrected chi connectivity index (χ1v) is 5.71. The number of nitrogens with two attached hydrogens (primary N) is 1. The number of H-pyrrole nitrogens is 1. The van der Waals surface area contributed by atoms with Gasteiger partial charge in [-0.05, 0) is 32.8 Å². The number of carbonyl (C=O) groups is 1. The predicted octanol–water partition coefficient (Wildman–Crippen LogP) is 1.36. The van der Waals surface area contributed by atoms with E-state index in [4.69, 9.17) is 5.73 Å². The van der Waals surface area contributed by atoms with E-state index in [0.717, 1.165) is 24.9 Å². The highest BCUT2D eigenvalue weighted by molar-refractivity contribution is 5.94. The quantitative estimate of drug-likeness (QED) is 0.752. The van der Waals surface area contributed by atoms with Crippen LogP contribution >= 0.6 is 0 Å². The Balaban J connectivity index is 2.18. The first-order chi connectivity index (χ1) is 7.50. The van der Waals surface area contributed by atoms with Gasteiger partial charge in [0.25, 0.3) is 5.91 Å². The van der Waals surface area contributed by atoms with E-state index in [0.29, 0.717) is 0 Å². The molecule has 1 unspecified atom stereocenters.